The third kappa shape index (κ3) is 4.79. The van der Waals surface area contributed by atoms with E-state index in [1.807, 2.05) is 55.2 Å². The van der Waals surface area contributed by atoms with E-state index in [1.165, 1.54) is 7.11 Å². The number of nitrogens with zero attached hydrogens (tertiary/aromatic N) is 6. The molecule has 1 aromatic heterocycles. The van der Waals surface area contributed by atoms with E-state index in [0.717, 1.165) is 27.7 Å². The Labute approximate surface area is 332 Å². The number of ether oxygens (including phenoxy) is 2. The van der Waals surface area contributed by atoms with E-state index in [9.17, 15) is 25.6 Å². The minimum absolute atomic E-state index is 0.110. The summed E-state index contributed by atoms with van der Waals surface area (Å²) >= 11 is 0. The molecule has 2 bridgehead atoms. The molecule has 1 amide bonds. The number of carbonyl (C=O) groups is 2. The lowest BCUT2D eigenvalue weighted by atomic mass is 9.47. The molecule has 10 atom stereocenters. The van der Waals surface area contributed by atoms with Crippen LogP contribution in [0, 0.1) is 11.3 Å². The van der Waals surface area contributed by atoms with E-state index in [1.54, 1.807) is 14.2 Å². The molecule has 5 aliphatic heterocycles. The number of rotatable bonds is 6. The lowest BCUT2D eigenvalue weighted by Crippen LogP contribution is -2.80. The Morgan fingerprint density at radius 2 is 1.86 bits per heavy atom. The Balaban J connectivity index is 1.37. The van der Waals surface area contributed by atoms with Crippen molar-refractivity contribution in [1.29, 1.82) is 0 Å². The van der Waals surface area contributed by atoms with Gasteiger partial charge in [-0.3, -0.25) is 19.4 Å². The van der Waals surface area contributed by atoms with Gasteiger partial charge in [0.15, 0.2) is 5.60 Å². The molecule has 3 fully saturated rings. The van der Waals surface area contributed by atoms with Crippen LogP contribution in [0.15, 0.2) is 53.7 Å². The van der Waals surface area contributed by atoms with Gasteiger partial charge in [-0.25, -0.2) is 0 Å². The number of methoxy groups -OCH3 is 2. The van der Waals surface area contributed by atoms with Gasteiger partial charge in [0, 0.05) is 88.9 Å². The molecule has 57 heavy (non-hydrogen) atoms. The van der Waals surface area contributed by atoms with E-state index < -0.39 is 51.5 Å². The standard InChI is InChI=1S/C43H53N7O7/c1-6-39(54)21-25-22-42(38(53)57-5,33-27(13-17-49(23-25)24-39)26-11-8-9-12-30(26)45-33)29-19-28-31(20-32(29)56-4)48(3)35-41(28)15-18-50-16-10-14-40(7-2,34(41)50)36(51)43(35,55)37(52)46-47-44/h8-12,14,19-20,25,34-36,45,51,54-55H,6-7,13,15-18,21-24H2,1-5H3/t25?,34?,35?,36-,39+,40-,41?,42-,43+/m1/s1. The van der Waals surface area contributed by atoms with Crippen LogP contribution in [0.2, 0.25) is 0 Å². The molecule has 2 aromatic carbocycles. The van der Waals surface area contributed by atoms with Crippen molar-refractivity contribution < 1.29 is 34.4 Å². The lowest BCUT2D eigenvalue weighted by molar-refractivity contribution is -0.201. The Hall–Kier alpha value is -4.43. The summed E-state index contributed by atoms with van der Waals surface area (Å²) in [6.07, 6.45) is 5.30. The predicted molar refractivity (Wildman–Crippen MR) is 213 cm³/mol. The number of amides is 1. The number of H-pyrrole nitrogens is 1. The average Bonchev–Trinajstić information content (AvgIpc) is 3.88. The minimum atomic E-state index is -2.49. The first kappa shape index (κ1) is 38.1. The number of aliphatic hydroxyl groups is 3. The van der Waals surface area contributed by atoms with Crippen LogP contribution < -0.4 is 9.64 Å². The second-order valence-electron chi connectivity index (χ2n) is 17.6. The molecule has 5 unspecified atom stereocenters. The SMILES string of the molecule is CC[C@]1(O)CC2CN(CCc3c([nH]c4ccccc34)[C@](C(=O)OC)(c3cc4c(cc3OC)N(C)C3C45CCN4CC=C[C@](CC)(C45)[C@@H](O)[C@]3(O)C(=O)N=[N+]=[N-])C2)C1. The highest BCUT2D eigenvalue weighted by Crippen LogP contribution is 2.67. The monoisotopic (exact) mass is 779 g/mol. The van der Waals surface area contributed by atoms with Gasteiger partial charge in [0.2, 0.25) is 0 Å². The summed E-state index contributed by atoms with van der Waals surface area (Å²) in [4.78, 5) is 42.4. The summed E-state index contributed by atoms with van der Waals surface area (Å²) in [5.74, 6) is -1.28. The van der Waals surface area contributed by atoms with Gasteiger partial charge in [0.25, 0.3) is 5.91 Å². The highest BCUT2D eigenvalue weighted by molar-refractivity contribution is 5.95. The van der Waals surface area contributed by atoms with Crippen molar-refractivity contribution in [2.75, 3.05) is 58.9 Å². The second kappa shape index (κ2) is 13.0. The first-order chi connectivity index (χ1) is 27.3. The smallest absolute Gasteiger partial charge is 0.322 e. The number of anilines is 1. The van der Waals surface area contributed by atoms with Crippen molar-refractivity contribution in [3.63, 3.8) is 0 Å². The van der Waals surface area contributed by atoms with Crippen molar-refractivity contribution >= 4 is 28.5 Å². The number of aliphatic hydroxyl groups excluding tert-OH is 1. The highest BCUT2D eigenvalue weighted by Gasteiger charge is 2.78. The minimum Gasteiger partial charge on any atom is -0.496 e. The molecule has 3 aromatic rings. The maximum atomic E-state index is 15.2. The van der Waals surface area contributed by atoms with Crippen molar-refractivity contribution in [2.45, 2.75) is 92.6 Å². The molecule has 1 saturated carbocycles. The lowest BCUT2D eigenvalue weighted by Gasteiger charge is -2.63. The summed E-state index contributed by atoms with van der Waals surface area (Å²) in [7, 11) is 4.79. The zero-order valence-corrected chi connectivity index (χ0v) is 33.4. The van der Waals surface area contributed by atoms with Gasteiger partial charge in [-0.15, -0.1) is 0 Å². The highest BCUT2D eigenvalue weighted by atomic mass is 16.5. The number of hydrogen-bond donors (Lipinski definition) is 4. The van der Waals surface area contributed by atoms with Crippen LogP contribution in [0.4, 0.5) is 5.69 Å². The number of aromatic amines is 1. The van der Waals surface area contributed by atoms with Crippen LogP contribution in [-0.4, -0.2) is 125 Å². The molecule has 2 saturated heterocycles. The van der Waals surface area contributed by atoms with Crippen molar-refractivity contribution in [3.05, 3.63) is 81.4 Å². The largest absolute Gasteiger partial charge is 0.496 e. The molecule has 4 N–H and O–H groups in total. The Kier molecular flexibility index (Phi) is 8.72. The fourth-order valence-electron chi connectivity index (χ4n) is 13.1. The van der Waals surface area contributed by atoms with E-state index >= 15 is 4.79 Å². The summed E-state index contributed by atoms with van der Waals surface area (Å²) in [5.41, 5.74) is 7.34. The normalized spacial score (nSPS) is 37.8. The number of benzene rings is 2. The molecular weight excluding hydrogens is 727 g/mol. The number of fused-ring (bicyclic) bond motifs is 6. The number of hydrogen-bond acceptors (Lipinski definition) is 10. The average molecular weight is 780 g/mol. The summed E-state index contributed by atoms with van der Waals surface area (Å²) in [5, 5.41) is 41.7. The predicted octanol–water partition coefficient (Wildman–Crippen LogP) is 4.08. The second-order valence-corrected chi connectivity index (χ2v) is 17.6. The van der Waals surface area contributed by atoms with E-state index in [0.29, 0.717) is 88.2 Å². The van der Waals surface area contributed by atoms with Crippen LogP contribution >= 0.6 is 0 Å². The van der Waals surface area contributed by atoms with Crippen LogP contribution in [0.5, 0.6) is 5.75 Å². The molecule has 6 aliphatic rings. The third-order valence-corrected chi connectivity index (χ3v) is 15.3. The third-order valence-electron chi connectivity index (χ3n) is 15.3. The van der Waals surface area contributed by atoms with Gasteiger partial charge in [-0.05, 0) is 84.9 Å². The van der Waals surface area contributed by atoms with Gasteiger partial charge in [-0.1, -0.05) is 44.2 Å². The topological polar surface area (TPSA) is 188 Å². The number of likely N-dealkylation sites (N-methyl/N-ethyl adjacent to an activating group) is 1. The molecule has 6 heterocycles. The Morgan fingerprint density at radius 1 is 1.07 bits per heavy atom. The summed E-state index contributed by atoms with van der Waals surface area (Å²) in [6.45, 7) is 7.16. The van der Waals surface area contributed by atoms with Crippen LogP contribution in [0.25, 0.3) is 21.3 Å². The number of piperidine rings is 1. The zero-order chi connectivity index (χ0) is 40.3. The Bertz CT molecular complexity index is 2250. The number of aromatic nitrogens is 1. The van der Waals surface area contributed by atoms with Gasteiger partial charge >= 0.3 is 5.97 Å². The summed E-state index contributed by atoms with van der Waals surface area (Å²) in [6, 6.07) is 10.6. The zero-order valence-electron chi connectivity index (χ0n) is 33.4. The molecule has 14 nitrogen and oxygen atoms in total. The first-order valence-electron chi connectivity index (χ1n) is 20.3. The number of carbonyl (C=O) groups excluding carboxylic acids is 2. The van der Waals surface area contributed by atoms with Crippen LogP contribution in [0.3, 0.4) is 0 Å². The van der Waals surface area contributed by atoms with E-state index in [4.69, 9.17) is 9.47 Å². The van der Waals surface area contributed by atoms with Gasteiger partial charge in [-0.2, -0.15) is 0 Å². The van der Waals surface area contributed by atoms with Crippen LogP contribution in [0.1, 0.15) is 68.3 Å². The molecule has 9 rings (SSSR count). The molecule has 302 valence electrons. The number of azide groups is 1. The van der Waals surface area contributed by atoms with Gasteiger partial charge in [0.1, 0.15) is 17.3 Å². The quantitative estimate of drug-likeness (QED) is 0.0934. The Morgan fingerprint density at radius 3 is 2.58 bits per heavy atom. The molecule has 14 heteroatoms. The molecule has 1 spiro atoms. The molecule has 1 aliphatic carbocycles. The van der Waals surface area contributed by atoms with Crippen molar-refractivity contribution in [3.8, 4) is 5.75 Å². The first-order valence-corrected chi connectivity index (χ1v) is 20.3. The number of esters is 1. The number of nitrogens with one attached hydrogen (secondary N) is 1. The van der Waals surface area contributed by atoms with Crippen LogP contribution in [-0.2, 0) is 31.6 Å². The maximum Gasteiger partial charge on any atom is 0.322 e. The molecule has 0 radical (unpaired) electrons. The summed E-state index contributed by atoms with van der Waals surface area (Å²) < 4.78 is 12.2. The number of para-hydroxylation sites is 1. The van der Waals surface area contributed by atoms with E-state index in [2.05, 4.69) is 36.9 Å². The van der Waals surface area contributed by atoms with Crippen molar-refractivity contribution in [1.82, 2.24) is 14.8 Å². The van der Waals surface area contributed by atoms with Crippen molar-refractivity contribution in [2.24, 2.45) is 16.4 Å². The maximum absolute atomic E-state index is 15.2. The fraction of sp³-hybridized carbons (Fsp3) is 0.581. The van der Waals surface area contributed by atoms with E-state index in [-0.39, 0.29) is 12.0 Å². The fourth-order valence-corrected chi connectivity index (χ4v) is 13.1. The molecular formula is C43H53N7O7. The van der Waals surface area contributed by atoms with Gasteiger partial charge < -0.3 is 34.7 Å². The van der Waals surface area contributed by atoms with Gasteiger partial charge in [0.05, 0.1) is 25.9 Å².